The van der Waals surface area contributed by atoms with Crippen molar-refractivity contribution in [1.82, 2.24) is 0 Å². The summed E-state index contributed by atoms with van der Waals surface area (Å²) < 4.78 is 0. The van der Waals surface area contributed by atoms with Gasteiger partial charge in [0.15, 0.2) is 0 Å². The van der Waals surface area contributed by atoms with Gasteiger partial charge >= 0.3 is 0 Å². The molecule has 0 saturated heterocycles. The topological polar surface area (TPSA) is 46.2 Å². The number of nitrogens with two attached hydrogens (primary N) is 1. The standard InChI is InChI=1S/C15H17NO.ClH/c16-15(13-9-5-2-6-10-13)14(17)11-12-7-3-1-4-8-12;/h1-10,14-15,17H,11,16H2;1H/t14-,15+;/m1./s1. The van der Waals surface area contributed by atoms with Crippen molar-refractivity contribution in [3.8, 4) is 0 Å². The number of hydrogen-bond donors (Lipinski definition) is 2. The first-order chi connectivity index (χ1) is 8.27. The van der Waals surface area contributed by atoms with E-state index in [-0.39, 0.29) is 18.4 Å². The Kier molecular flexibility index (Phi) is 5.86. The maximum absolute atomic E-state index is 10.1. The molecule has 0 aliphatic carbocycles. The molecular weight excluding hydrogens is 246 g/mol. The Morgan fingerprint density at radius 3 is 1.94 bits per heavy atom. The van der Waals surface area contributed by atoms with Crippen molar-refractivity contribution in [2.75, 3.05) is 0 Å². The monoisotopic (exact) mass is 263 g/mol. The molecule has 3 N–H and O–H groups in total. The van der Waals surface area contributed by atoms with Crippen molar-refractivity contribution < 1.29 is 5.11 Å². The molecule has 96 valence electrons. The van der Waals surface area contributed by atoms with Crippen LogP contribution in [0.3, 0.4) is 0 Å². The molecule has 2 aromatic carbocycles. The van der Waals surface area contributed by atoms with Crippen LogP contribution in [0.2, 0.25) is 0 Å². The largest absolute Gasteiger partial charge is 0.391 e. The number of rotatable bonds is 4. The van der Waals surface area contributed by atoms with E-state index in [1.165, 1.54) is 0 Å². The molecule has 2 rings (SSSR count). The first kappa shape index (κ1) is 14.7. The summed E-state index contributed by atoms with van der Waals surface area (Å²) in [6.07, 6.45) is 0.0245. The highest BCUT2D eigenvalue weighted by molar-refractivity contribution is 5.85. The highest BCUT2D eigenvalue weighted by Gasteiger charge is 2.16. The molecule has 2 aromatic rings. The molecular formula is C15H18ClNO. The Labute approximate surface area is 114 Å². The van der Waals surface area contributed by atoms with Crippen LogP contribution in [0.15, 0.2) is 60.7 Å². The summed E-state index contributed by atoms with van der Waals surface area (Å²) in [5.41, 5.74) is 8.11. The van der Waals surface area contributed by atoms with E-state index in [4.69, 9.17) is 5.73 Å². The highest BCUT2D eigenvalue weighted by atomic mass is 35.5. The van der Waals surface area contributed by atoms with Gasteiger partial charge in [-0.2, -0.15) is 0 Å². The van der Waals surface area contributed by atoms with E-state index in [1.54, 1.807) is 0 Å². The third kappa shape index (κ3) is 3.84. The number of benzene rings is 2. The lowest BCUT2D eigenvalue weighted by atomic mass is 9.97. The molecule has 0 unspecified atom stereocenters. The zero-order chi connectivity index (χ0) is 12.1. The minimum Gasteiger partial charge on any atom is -0.391 e. The van der Waals surface area contributed by atoms with Crippen molar-refractivity contribution in [2.45, 2.75) is 18.6 Å². The van der Waals surface area contributed by atoms with Gasteiger partial charge in [0.2, 0.25) is 0 Å². The van der Waals surface area contributed by atoms with Crippen molar-refractivity contribution in [3.05, 3.63) is 71.8 Å². The minimum absolute atomic E-state index is 0. The van der Waals surface area contributed by atoms with Crippen LogP contribution in [-0.2, 0) is 6.42 Å². The molecule has 0 saturated carbocycles. The van der Waals surface area contributed by atoms with Crippen LogP contribution in [0.25, 0.3) is 0 Å². The van der Waals surface area contributed by atoms with E-state index in [0.29, 0.717) is 6.42 Å². The predicted octanol–water partition coefficient (Wildman–Crippen LogP) is 2.71. The van der Waals surface area contributed by atoms with Gasteiger partial charge in [0.05, 0.1) is 12.1 Å². The first-order valence-corrected chi connectivity index (χ1v) is 5.80. The van der Waals surface area contributed by atoms with Crippen LogP contribution in [0.5, 0.6) is 0 Å². The normalized spacial score (nSPS) is 13.4. The SMILES string of the molecule is Cl.N[C@@H](c1ccccc1)[C@H](O)Cc1ccccc1. The van der Waals surface area contributed by atoms with Crippen LogP contribution < -0.4 is 5.73 Å². The number of halogens is 1. The average molecular weight is 264 g/mol. The molecule has 0 aromatic heterocycles. The molecule has 2 nitrogen and oxygen atoms in total. The summed E-state index contributed by atoms with van der Waals surface area (Å²) in [6.45, 7) is 0. The van der Waals surface area contributed by atoms with Gasteiger partial charge in [-0.25, -0.2) is 0 Å². The van der Waals surface area contributed by atoms with Gasteiger partial charge in [0, 0.05) is 6.42 Å². The highest BCUT2D eigenvalue weighted by Crippen LogP contribution is 2.17. The van der Waals surface area contributed by atoms with Gasteiger partial charge < -0.3 is 10.8 Å². The van der Waals surface area contributed by atoms with Gasteiger partial charge in [-0.3, -0.25) is 0 Å². The smallest absolute Gasteiger partial charge is 0.0773 e. The Bertz CT molecular complexity index is 447. The molecule has 0 spiro atoms. The van der Waals surface area contributed by atoms with Crippen LogP contribution in [-0.4, -0.2) is 11.2 Å². The fraction of sp³-hybridized carbons (Fsp3) is 0.200. The van der Waals surface area contributed by atoms with Gasteiger partial charge in [0.1, 0.15) is 0 Å². The third-order valence-corrected chi connectivity index (χ3v) is 2.89. The van der Waals surface area contributed by atoms with Gasteiger partial charge in [-0.15, -0.1) is 12.4 Å². The second kappa shape index (κ2) is 7.17. The number of aliphatic hydroxyl groups excluding tert-OH is 1. The summed E-state index contributed by atoms with van der Waals surface area (Å²) in [6, 6.07) is 19.3. The molecule has 3 heteroatoms. The molecule has 0 aliphatic heterocycles. The van der Waals surface area contributed by atoms with Gasteiger partial charge in [0.25, 0.3) is 0 Å². The molecule has 0 aliphatic rings. The van der Waals surface area contributed by atoms with E-state index in [9.17, 15) is 5.11 Å². The summed E-state index contributed by atoms with van der Waals surface area (Å²) in [5, 5.41) is 10.1. The van der Waals surface area contributed by atoms with Crippen LogP contribution >= 0.6 is 12.4 Å². The van der Waals surface area contributed by atoms with Crippen molar-refractivity contribution >= 4 is 12.4 Å². The summed E-state index contributed by atoms with van der Waals surface area (Å²) in [5.74, 6) is 0. The van der Waals surface area contributed by atoms with Crippen LogP contribution in [0, 0.1) is 0 Å². The van der Waals surface area contributed by atoms with E-state index in [2.05, 4.69) is 0 Å². The van der Waals surface area contributed by atoms with E-state index < -0.39 is 6.10 Å². The Balaban J connectivity index is 0.00000162. The molecule has 0 amide bonds. The quantitative estimate of drug-likeness (QED) is 0.891. The zero-order valence-electron chi connectivity index (χ0n) is 10.1. The molecule has 0 heterocycles. The Hall–Kier alpha value is -1.35. The van der Waals surface area contributed by atoms with Crippen molar-refractivity contribution in [3.63, 3.8) is 0 Å². The molecule has 2 atom stereocenters. The summed E-state index contributed by atoms with van der Waals surface area (Å²) in [4.78, 5) is 0. The lowest BCUT2D eigenvalue weighted by Gasteiger charge is -2.19. The van der Waals surface area contributed by atoms with Crippen LogP contribution in [0.1, 0.15) is 17.2 Å². The fourth-order valence-corrected chi connectivity index (χ4v) is 1.88. The predicted molar refractivity (Wildman–Crippen MR) is 76.8 cm³/mol. The molecule has 0 fully saturated rings. The van der Waals surface area contributed by atoms with E-state index >= 15 is 0 Å². The van der Waals surface area contributed by atoms with Crippen molar-refractivity contribution in [1.29, 1.82) is 0 Å². The number of aliphatic hydroxyl groups is 1. The Morgan fingerprint density at radius 1 is 0.889 bits per heavy atom. The maximum Gasteiger partial charge on any atom is 0.0773 e. The van der Waals surface area contributed by atoms with Crippen molar-refractivity contribution in [2.24, 2.45) is 5.73 Å². The maximum atomic E-state index is 10.1. The number of hydrogen-bond acceptors (Lipinski definition) is 2. The lowest BCUT2D eigenvalue weighted by Crippen LogP contribution is -2.28. The average Bonchev–Trinajstić information content (AvgIpc) is 2.40. The lowest BCUT2D eigenvalue weighted by molar-refractivity contribution is 0.145. The Morgan fingerprint density at radius 2 is 1.39 bits per heavy atom. The second-order valence-electron chi connectivity index (χ2n) is 4.19. The van der Waals surface area contributed by atoms with E-state index in [1.807, 2.05) is 60.7 Å². The molecule has 0 bridgehead atoms. The fourth-order valence-electron chi connectivity index (χ4n) is 1.88. The minimum atomic E-state index is -0.556. The summed E-state index contributed by atoms with van der Waals surface area (Å²) >= 11 is 0. The third-order valence-electron chi connectivity index (χ3n) is 2.89. The van der Waals surface area contributed by atoms with Gasteiger partial charge in [-0.1, -0.05) is 60.7 Å². The van der Waals surface area contributed by atoms with Gasteiger partial charge in [-0.05, 0) is 11.1 Å². The first-order valence-electron chi connectivity index (χ1n) is 5.80. The second-order valence-corrected chi connectivity index (χ2v) is 4.19. The van der Waals surface area contributed by atoms with Crippen LogP contribution in [0.4, 0.5) is 0 Å². The zero-order valence-corrected chi connectivity index (χ0v) is 10.9. The summed E-state index contributed by atoms with van der Waals surface area (Å²) in [7, 11) is 0. The molecule has 18 heavy (non-hydrogen) atoms. The molecule has 0 radical (unpaired) electrons. The van der Waals surface area contributed by atoms with E-state index in [0.717, 1.165) is 11.1 Å².